The maximum atomic E-state index is 9.08. The van der Waals surface area contributed by atoms with Crippen molar-refractivity contribution in [1.82, 2.24) is 0 Å². The molecule has 0 fully saturated rings. The summed E-state index contributed by atoms with van der Waals surface area (Å²) in [6.07, 6.45) is 5.43. The Kier molecular flexibility index (Phi) is 21.2. The molecule has 0 radical (unpaired) electrons. The van der Waals surface area contributed by atoms with E-state index in [-0.39, 0.29) is 54.1 Å². The number of benzene rings is 8. The smallest absolute Gasteiger partial charge is 0.748 e. The Labute approximate surface area is 390 Å². The van der Waals surface area contributed by atoms with E-state index in [0.29, 0.717) is 6.26 Å². The molecule has 8 aromatic rings. The molecule has 0 aliphatic heterocycles. The zero-order valence-corrected chi connectivity index (χ0v) is 40.5. The van der Waals surface area contributed by atoms with Gasteiger partial charge in [0, 0.05) is 6.26 Å². The van der Waals surface area contributed by atoms with E-state index in [2.05, 4.69) is 243 Å². The molecule has 0 aliphatic rings. The van der Waals surface area contributed by atoms with Crippen molar-refractivity contribution in [3.05, 3.63) is 243 Å². The van der Waals surface area contributed by atoms with E-state index in [9.17, 15) is 0 Å². The normalized spacial score (nSPS) is 10.9. The molecular weight excluding hydrogens is 948 g/mol. The second kappa shape index (κ2) is 26.7. The first-order valence-corrected chi connectivity index (χ1v) is 28.2. The molecule has 0 spiro atoms. The molecular formula is C53H51AgO3P4S. The second-order valence-electron chi connectivity index (χ2n) is 14.0. The van der Waals surface area contributed by atoms with Crippen LogP contribution in [0.4, 0.5) is 0 Å². The molecule has 0 amide bonds. The van der Waals surface area contributed by atoms with Crippen LogP contribution in [0.2, 0.25) is 0 Å². The molecule has 0 atom stereocenters. The SMILES string of the molecule is CS(=O)(=O)[O-].[Ag+].c1ccc(P(CCP(c2ccccc2)c2ccccc2)c2ccccc2)cc1.c1ccc(P(CCP(c2ccccc2)c2ccccc2)c2ccccc2)cc1. The van der Waals surface area contributed by atoms with Crippen LogP contribution in [0.15, 0.2) is 243 Å². The van der Waals surface area contributed by atoms with Gasteiger partial charge in [0.2, 0.25) is 0 Å². The summed E-state index contributed by atoms with van der Waals surface area (Å²) < 4.78 is 27.2. The Morgan fingerprint density at radius 1 is 0.290 bits per heavy atom. The molecule has 9 heteroatoms. The van der Waals surface area contributed by atoms with Gasteiger partial charge in [-0.15, -0.1) is 0 Å². The van der Waals surface area contributed by atoms with Crippen molar-refractivity contribution in [3.8, 4) is 0 Å². The largest absolute Gasteiger partial charge is 1.00 e. The fraction of sp³-hybridized carbons (Fsp3) is 0.0943. The first-order valence-electron chi connectivity index (χ1n) is 20.2. The summed E-state index contributed by atoms with van der Waals surface area (Å²) in [5.41, 5.74) is 0. The van der Waals surface area contributed by atoms with Crippen molar-refractivity contribution >= 4 is 84.2 Å². The maximum absolute atomic E-state index is 9.08. The van der Waals surface area contributed by atoms with Gasteiger partial charge in [-0.3, -0.25) is 0 Å². The summed E-state index contributed by atoms with van der Waals surface area (Å²) in [5, 5.41) is 11.8. The van der Waals surface area contributed by atoms with Crippen molar-refractivity contribution < 1.29 is 35.4 Å². The van der Waals surface area contributed by atoms with E-state index < -0.39 is 10.1 Å². The van der Waals surface area contributed by atoms with Crippen molar-refractivity contribution in [2.45, 2.75) is 0 Å². The fourth-order valence-electron chi connectivity index (χ4n) is 6.89. The summed E-state index contributed by atoms with van der Waals surface area (Å²) in [5.74, 6) is 0. The summed E-state index contributed by atoms with van der Waals surface area (Å²) in [7, 11) is -5.31. The maximum Gasteiger partial charge on any atom is 1.00 e. The molecule has 0 heterocycles. The third-order valence-electron chi connectivity index (χ3n) is 9.64. The zero-order valence-electron chi connectivity index (χ0n) is 34.6. The summed E-state index contributed by atoms with van der Waals surface area (Å²) >= 11 is 0. The summed E-state index contributed by atoms with van der Waals surface area (Å²) in [4.78, 5) is 0. The van der Waals surface area contributed by atoms with Gasteiger partial charge >= 0.3 is 22.4 Å². The van der Waals surface area contributed by atoms with Crippen molar-refractivity contribution in [2.75, 3.05) is 30.9 Å². The Morgan fingerprint density at radius 2 is 0.387 bits per heavy atom. The predicted octanol–water partition coefficient (Wildman–Crippen LogP) is 9.66. The van der Waals surface area contributed by atoms with Gasteiger partial charge in [-0.25, -0.2) is 8.42 Å². The molecule has 62 heavy (non-hydrogen) atoms. The standard InChI is InChI=1S/2C26H24P2.CH4O3S.Ag/c2*1-5-13-23(14-6-1)27(24-15-7-2-8-16-24)21-22-28(25-17-9-3-10-18-25)26-19-11-4-12-20-26;1-5(2,3)4;/h2*1-20H,21-22H2;1H3,(H,2,3,4);/q;;;+1/p-1. The van der Waals surface area contributed by atoms with Crippen LogP contribution in [0, 0.1) is 0 Å². The van der Waals surface area contributed by atoms with E-state index in [1.54, 1.807) is 0 Å². The summed E-state index contributed by atoms with van der Waals surface area (Å²) in [6, 6.07) is 88.4. The quantitative estimate of drug-likeness (QED) is 0.0620. The van der Waals surface area contributed by atoms with Crippen molar-refractivity contribution in [2.24, 2.45) is 0 Å². The molecule has 0 aromatic heterocycles. The number of hydrogen-bond acceptors (Lipinski definition) is 3. The first kappa shape index (κ1) is 49.2. The monoisotopic (exact) mass is 998 g/mol. The molecule has 0 saturated carbocycles. The van der Waals surface area contributed by atoms with E-state index >= 15 is 0 Å². The van der Waals surface area contributed by atoms with Gasteiger partial charge in [-0.1, -0.05) is 243 Å². The van der Waals surface area contributed by atoms with Crippen molar-refractivity contribution in [1.29, 1.82) is 0 Å². The van der Waals surface area contributed by atoms with Crippen LogP contribution in [-0.4, -0.2) is 43.9 Å². The van der Waals surface area contributed by atoms with Crippen LogP contribution in [0.25, 0.3) is 0 Å². The van der Waals surface area contributed by atoms with Gasteiger partial charge in [0.05, 0.1) is 10.1 Å². The van der Waals surface area contributed by atoms with Gasteiger partial charge in [-0.05, 0) is 98.8 Å². The van der Waals surface area contributed by atoms with Gasteiger partial charge in [0.1, 0.15) is 0 Å². The first-order chi connectivity index (χ1) is 29.8. The van der Waals surface area contributed by atoms with Crippen LogP contribution < -0.4 is 42.4 Å². The topological polar surface area (TPSA) is 57.2 Å². The minimum Gasteiger partial charge on any atom is -0.748 e. The third-order valence-corrected chi connectivity index (χ3v) is 20.4. The molecule has 0 bridgehead atoms. The van der Waals surface area contributed by atoms with E-state index in [4.69, 9.17) is 13.0 Å². The Bertz CT molecular complexity index is 2010. The Balaban J connectivity index is 0.000000208. The minimum absolute atomic E-state index is 0. The molecule has 0 unspecified atom stereocenters. The van der Waals surface area contributed by atoms with Crippen LogP contribution in [0.1, 0.15) is 0 Å². The van der Waals surface area contributed by atoms with Crippen LogP contribution in [-0.2, 0) is 32.5 Å². The van der Waals surface area contributed by atoms with Crippen LogP contribution in [0.5, 0.6) is 0 Å². The molecule has 0 saturated heterocycles. The summed E-state index contributed by atoms with van der Waals surface area (Å²) in [6.45, 7) is 0. The average molecular weight is 1000 g/mol. The third kappa shape index (κ3) is 16.4. The molecule has 0 N–H and O–H groups in total. The average Bonchev–Trinajstić information content (AvgIpc) is 3.31. The van der Waals surface area contributed by atoms with E-state index in [0.717, 1.165) is 0 Å². The predicted molar refractivity (Wildman–Crippen MR) is 271 cm³/mol. The van der Waals surface area contributed by atoms with Gasteiger partial charge in [0.15, 0.2) is 0 Å². The van der Waals surface area contributed by atoms with E-state index in [1.165, 1.54) is 67.1 Å². The minimum atomic E-state index is -3.92. The zero-order chi connectivity index (χ0) is 42.5. The van der Waals surface area contributed by atoms with E-state index in [1.807, 2.05) is 0 Å². The fourth-order valence-corrected chi connectivity index (χ4v) is 17.6. The van der Waals surface area contributed by atoms with Gasteiger partial charge in [-0.2, -0.15) is 0 Å². The Morgan fingerprint density at radius 3 is 0.484 bits per heavy atom. The van der Waals surface area contributed by atoms with Gasteiger partial charge in [0.25, 0.3) is 0 Å². The van der Waals surface area contributed by atoms with Crippen molar-refractivity contribution in [3.63, 3.8) is 0 Å². The molecule has 3 nitrogen and oxygen atoms in total. The van der Waals surface area contributed by atoms with Crippen LogP contribution >= 0.6 is 31.7 Å². The van der Waals surface area contributed by atoms with Crippen LogP contribution in [0.3, 0.4) is 0 Å². The molecule has 8 rings (SSSR count). The molecule has 0 aliphatic carbocycles. The number of rotatable bonds is 14. The second-order valence-corrected chi connectivity index (χ2v) is 24.7. The Hall–Kier alpha value is -3.87. The molecule has 8 aromatic carbocycles. The molecule has 318 valence electrons. The van der Waals surface area contributed by atoms with Gasteiger partial charge < -0.3 is 4.55 Å². The number of hydrogen-bond donors (Lipinski definition) is 0.